The van der Waals surface area contributed by atoms with Gasteiger partial charge >= 0.3 is 5.97 Å². The van der Waals surface area contributed by atoms with Gasteiger partial charge in [-0.2, -0.15) is 0 Å². The molecule has 0 amide bonds. The second kappa shape index (κ2) is 7.28. The van der Waals surface area contributed by atoms with Gasteiger partial charge in [-0.15, -0.1) is 12.4 Å². The van der Waals surface area contributed by atoms with E-state index in [-0.39, 0.29) is 23.4 Å². The van der Waals surface area contributed by atoms with Crippen molar-refractivity contribution in [3.8, 4) is 0 Å². The molecular formula is C17H28ClNO2. The highest BCUT2D eigenvalue weighted by Gasteiger charge is 2.24. The zero-order chi connectivity index (χ0) is 15.6. The summed E-state index contributed by atoms with van der Waals surface area (Å²) >= 11 is 0. The smallest absolute Gasteiger partial charge is 0.321 e. The zero-order valence-corrected chi connectivity index (χ0v) is 14.7. The van der Waals surface area contributed by atoms with Crippen LogP contribution in [0.2, 0.25) is 0 Å². The van der Waals surface area contributed by atoms with Gasteiger partial charge in [0.1, 0.15) is 6.04 Å². The molecule has 21 heavy (non-hydrogen) atoms. The van der Waals surface area contributed by atoms with Crippen molar-refractivity contribution in [2.45, 2.75) is 65.0 Å². The summed E-state index contributed by atoms with van der Waals surface area (Å²) in [5.41, 5.74) is 2.15. The predicted octanol–water partition coefficient (Wildman–Crippen LogP) is 3.79. The van der Waals surface area contributed by atoms with Crippen LogP contribution >= 0.6 is 12.4 Å². The molecule has 0 unspecified atom stereocenters. The molecule has 120 valence electrons. The minimum Gasteiger partial charge on any atom is -0.480 e. The van der Waals surface area contributed by atoms with Gasteiger partial charge in [0, 0.05) is 5.54 Å². The minimum atomic E-state index is -0.805. The van der Waals surface area contributed by atoms with E-state index < -0.39 is 12.0 Å². The van der Waals surface area contributed by atoms with Crippen molar-refractivity contribution in [2.24, 2.45) is 0 Å². The van der Waals surface area contributed by atoms with Crippen molar-refractivity contribution in [1.82, 2.24) is 5.32 Å². The maximum Gasteiger partial charge on any atom is 0.321 e. The predicted molar refractivity (Wildman–Crippen MR) is 90.4 cm³/mol. The number of nitrogens with one attached hydrogen (secondary N) is 1. The van der Waals surface area contributed by atoms with Crippen LogP contribution in [0, 0.1) is 0 Å². The number of carboxylic acid groups (broad SMARTS) is 1. The van der Waals surface area contributed by atoms with E-state index in [0.717, 1.165) is 5.56 Å². The molecule has 1 aromatic rings. The summed E-state index contributed by atoms with van der Waals surface area (Å²) in [6.07, 6.45) is 0.497. The molecule has 0 spiro atoms. The first-order valence-corrected chi connectivity index (χ1v) is 7.09. The minimum absolute atomic E-state index is 0. The van der Waals surface area contributed by atoms with Crippen LogP contribution in [0.4, 0.5) is 0 Å². The fraction of sp³-hybridized carbons (Fsp3) is 0.588. The molecule has 0 radical (unpaired) electrons. The number of hydrogen-bond donors (Lipinski definition) is 2. The van der Waals surface area contributed by atoms with E-state index in [2.05, 4.69) is 38.2 Å². The molecule has 0 aromatic heterocycles. The van der Waals surface area contributed by atoms with Crippen LogP contribution in [-0.2, 0) is 16.6 Å². The van der Waals surface area contributed by atoms with Crippen LogP contribution in [0.25, 0.3) is 0 Å². The third kappa shape index (κ3) is 6.96. The standard InChI is InChI=1S/C17H27NO2.ClH/c1-16(2,3)13-9-7-8-12(10-13)11-14(15(19)20)18-17(4,5)6;/h7-10,14,18H,11H2,1-6H3,(H,19,20);1H/t14-;/m0./s1. The van der Waals surface area contributed by atoms with Crippen LogP contribution in [-0.4, -0.2) is 22.7 Å². The Hall–Kier alpha value is -1.06. The van der Waals surface area contributed by atoms with Gasteiger partial charge in [0.2, 0.25) is 0 Å². The van der Waals surface area contributed by atoms with Gasteiger partial charge in [-0.1, -0.05) is 45.0 Å². The monoisotopic (exact) mass is 313 g/mol. The summed E-state index contributed by atoms with van der Waals surface area (Å²) in [4.78, 5) is 11.4. The first-order chi connectivity index (χ1) is 8.99. The normalized spacial score (nSPS) is 13.4. The molecule has 0 fully saturated rings. The Morgan fingerprint density at radius 2 is 1.76 bits per heavy atom. The molecule has 1 rings (SSSR count). The average molecular weight is 314 g/mol. The zero-order valence-electron chi connectivity index (χ0n) is 13.9. The lowest BCUT2D eigenvalue weighted by Gasteiger charge is -2.26. The Morgan fingerprint density at radius 1 is 1.19 bits per heavy atom. The topological polar surface area (TPSA) is 49.3 Å². The number of hydrogen-bond acceptors (Lipinski definition) is 2. The van der Waals surface area contributed by atoms with Crippen molar-refractivity contribution < 1.29 is 9.90 Å². The van der Waals surface area contributed by atoms with Gasteiger partial charge in [-0.05, 0) is 43.7 Å². The van der Waals surface area contributed by atoms with E-state index >= 15 is 0 Å². The van der Waals surface area contributed by atoms with E-state index in [1.165, 1.54) is 5.56 Å². The average Bonchev–Trinajstić information content (AvgIpc) is 2.25. The molecule has 0 aliphatic rings. The molecule has 0 saturated carbocycles. The molecular weight excluding hydrogens is 286 g/mol. The maximum absolute atomic E-state index is 11.4. The van der Waals surface area contributed by atoms with Crippen LogP contribution in [0.1, 0.15) is 52.7 Å². The molecule has 1 atom stereocenters. The van der Waals surface area contributed by atoms with Gasteiger partial charge in [0.05, 0.1) is 0 Å². The Bertz CT molecular complexity index is 472. The lowest BCUT2D eigenvalue weighted by atomic mass is 9.85. The molecule has 4 heteroatoms. The molecule has 1 aromatic carbocycles. The number of aliphatic carboxylic acids is 1. The third-order valence-electron chi connectivity index (χ3n) is 3.14. The molecule has 0 bridgehead atoms. The van der Waals surface area contributed by atoms with E-state index in [9.17, 15) is 9.90 Å². The van der Waals surface area contributed by atoms with E-state index in [0.29, 0.717) is 6.42 Å². The van der Waals surface area contributed by atoms with Gasteiger partial charge in [0.15, 0.2) is 0 Å². The van der Waals surface area contributed by atoms with E-state index in [1.807, 2.05) is 32.9 Å². The Morgan fingerprint density at radius 3 is 2.19 bits per heavy atom. The van der Waals surface area contributed by atoms with Crippen molar-refractivity contribution in [3.05, 3.63) is 35.4 Å². The lowest BCUT2D eigenvalue weighted by Crippen LogP contribution is -2.48. The summed E-state index contributed by atoms with van der Waals surface area (Å²) in [5.74, 6) is -0.805. The number of carboxylic acids is 1. The van der Waals surface area contributed by atoms with Gasteiger partial charge < -0.3 is 5.11 Å². The number of rotatable bonds is 4. The lowest BCUT2D eigenvalue weighted by molar-refractivity contribution is -0.140. The second-order valence-corrected chi connectivity index (χ2v) is 7.44. The molecule has 0 aliphatic heterocycles. The van der Waals surface area contributed by atoms with Crippen molar-refractivity contribution in [3.63, 3.8) is 0 Å². The van der Waals surface area contributed by atoms with E-state index in [4.69, 9.17) is 0 Å². The Labute approximate surface area is 134 Å². The molecule has 3 nitrogen and oxygen atoms in total. The number of halogens is 1. The first kappa shape index (κ1) is 19.9. The quantitative estimate of drug-likeness (QED) is 0.889. The first-order valence-electron chi connectivity index (χ1n) is 7.09. The third-order valence-corrected chi connectivity index (χ3v) is 3.14. The summed E-state index contributed by atoms with van der Waals surface area (Å²) in [6, 6.07) is 7.64. The van der Waals surface area contributed by atoms with Gasteiger partial charge in [-0.3, -0.25) is 10.1 Å². The fourth-order valence-corrected chi connectivity index (χ4v) is 2.12. The van der Waals surface area contributed by atoms with Crippen molar-refractivity contribution in [2.75, 3.05) is 0 Å². The molecule has 0 heterocycles. The summed E-state index contributed by atoms with van der Waals surface area (Å²) in [7, 11) is 0. The van der Waals surface area contributed by atoms with Crippen LogP contribution in [0.3, 0.4) is 0 Å². The number of benzene rings is 1. The van der Waals surface area contributed by atoms with Gasteiger partial charge in [0.25, 0.3) is 0 Å². The summed E-state index contributed by atoms with van der Waals surface area (Å²) in [6.45, 7) is 12.4. The van der Waals surface area contributed by atoms with E-state index in [1.54, 1.807) is 0 Å². The highest BCUT2D eigenvalue weighted by Crippen LogP contribution is 2.23. The molecule has 0 saturated heterocycles. The largest absolute Gasteiger partial charge is 0.480 e. The van der Waals surface area contributed by atoms with Crippen molar-refractivity contribution in [1.29, 1.82) is 0 Å². The molecule has 0 aliphatic carbocycles. The highest BCUT2D eigenvalue weighted by atomic mass is 35.5. The van der Waals surface area contributed by atoms with Crippen LogP contribution < -0.4 is 5.32 Å². The summed E-state index contributed by atoms with van der Waals surface area (Å²) in [5, 5.41) is 12.5. The Kier molecular flexibility index (Phi) is 6.91. The maximum atomic E-state index is 11.4. The van der Waals surface area contributed by atoms with Gasteiger partial charge in [-0.25, -0.2) is 0 Å². The van der Waals surface area contributed by atoms with Crippen molar-refractivity contribution >= 4 is 18.4 Å². The SMILES string of the molecule is CC(C)(C)N[C@@H](Cc1cccc(C(C)(C)C)c1)C(=O)O.Cl. The fourth-order valence-electron chi connectivity index (χ4n) is 2.12. The highest BCUT2D eigenvalue weighted by molar-refractivity contribution is 5.85. The summed E-state index contributed by atoms with van der Waals surface area (Å²) < 4.78 is 0. The number of carbonyl (C=O) groups is 1. The molecule has 2 N–H and O–H groups in total. The van der Waals surface area contributed by atoms with Crippen LogP contribution in [0.5, 0.6) is 0 Å². The van der Waals surface area contributed by atoms with Crippen LogP contribution in [0.15, 0.2) is 24.3 Å². The second-order valence-electron chi connectivity index (χ2n) is 7.44. The Balaban J connectivity index is 0.00000400.